The molecule has 12 amide bonds. The minimum absolute atomic E-state index is 0.0113. The predicted molar refractivity (Wildman–Crippen MR) is 398 cm³/mol. The van der Waals surface area contributed by atoms with Crippen molar-refractivity contribution in [1.29, 1.82) is 0 Å². The molecule has 3 aliphatic heterocycles. The number of amides is 12. The third kappa shape index (κ3) is 21.2. The second kappa shape index (κ2) is 38.0. The van der Waals surface area contributed by atoms with Crippen molar-refractivity contribution >= 4 is 82.5 Å². The van der Waals surface area contributed by atoms with Gasteiger partial charge in [-0.3, -0.25) is 57.5 Å². The minimum atomic E-state index is -4.78. The van der Waals surface area contributed by atoms with E-state index in [9.17, 15) is 32.3 Å². The first kappa shape index (κ1) is 84.8. The van der Waals surface area contributed by atoms with Crippen molar-refractivity contribution in [1.82, 2.24) is 60.0 Å². The molecule has 3 aliphatic carbocycles. The Balaban J connectivity index is 1.22. The van der Waals surface area contributed by atoms with Gasteiger partial charge in [-0.05, 0) is 124 Å². The lowest BCUT2D eigenvalue weighted by Gasteiger charge is -2.44. The summed E-state index contributed by atoms with van der Waals surface area (Å²) >= 11 is 6.22. The van der Waals surface area contributed by atoms with Crippen LogP contribution in [0.3, 0.4) is 0 Å². The lowest BCUT2D eigenvalue weighted by atomic mass is 9.81. The number of nitrogens with one attached hydrogen (secondary N) is 3. The lowest BCUT2D eigenvalue weighted by molar-refractivity contribution is -0.158. The van der Waals surface area contributed by atoms with Crippen LogP contribution in [0.15, 0.2) is 48.5 Å². The number of carbonyl (C=O) groups is 12. The lowest BCUT2D eigenvalue weighted by Crippen LogP contribution is -2.66. The third-order valence-corrected chi connectivity index (χ3v) is 24.0. The van der Waals surface area contributed by atoms with Gasteiger partial charge in [0.15, 0.2) is 0 Å². The Morgan fingerprint density at radius 2 is 1.21 bits per heavy atom. The molecule has 8 rings (SSSR count). The van der Waals surface area contributed by atoms with Crippen molar-refractivity contribution in [2.75, 3.05) is 82.1 Å². The first-order valence-electron chi connectivity index (χ1n) is 38.9. The first-order valence-corrected chi connectivity index (χ1v) is 39.3. The summed E-state index contributed by atoms with van der Waals surface area (Å²) in [5, 5.41) is 8.27. The second-order valence-electron chi connectivity index (χ2n) is 31.7. The number of rotatable bonds is 13. The molecule has 0 bridgehead atoms. The summed E-state index contributed by atoms with van der Waals surface area (Å²) < 4.78 is 42.0. The molecule has 1 spiro atoms. The standard InChI is InChI=1S/C79H116ClF3N12O12/c1-12-51(4)67-75(105)88(6)49-66(98)95-42-37-59(95)73(103)91(9)62(46-53-29-19-14-20-30-53)72(102)87(5)48-64(96)84-58(36-34-54-33-35-56(57(80)44-54)79(81,82)83)71(101)90(8)61(45-52-27-17-13-18-28-52)70(100)86-78(38-23-24-39-78)77(107)93(11)68(55-31-21-15-22-32-55)76(106)92(10)63(74(104)94-40-25-16-26-41-94)47-65(97)89(7)60(43-50(2)3)69(99)85-67/h13,17-18,27-28,33,35,44,50-51,53,55,58-63,67-68H,12,14-16,19-26,29-32,34,36-43,45-49H2,1-11H3,(H,84,96)(H,85,99)(H,86,100)/t51-,58-,59?,60-,61-,62-,63-,67-,68-/m0/s1. The van der Waals surface area contributed by atoms with Gasteiger partial charge >= 0.3 is 6.18 Å². The summed E-state index contributed by atoms with van der Waals surface area (Å²) in [6.07, 6.45) is 6.36. The second-order valence-corrected chi connectivity index (χ2v) is 32.1. The Morgan fingerprint density at radius 1 is 0.598 bits per heavy atom. The van der Waals surface area contributed by atoms with E-state index < -0.39 is 173 Å². The Labute approximate surface area is 634 Å². The number of benzene rings is 2. The quantitative estimate of drug-likeness (QED) is 0.175. The molecular weight excluding hydrogens is 1400 g/mol. The van der Waals surface area contributed by atoms with Gasteiger partial charge in [0.1, 0.15) is 53.9 Å². The minimum Gasteiger partial charge on any atom is -0.343 e. The van der Waals surface area contributed by atoms with Crippen molar-refractivity contribution in [3.05, 3.63) is 70.2 Å². The van der Waals surface area contributed by atoms with E-state index in [-0.39, 0.29) is 75.3 Å². The van der Waals surface area contributed by atoms with Gasteiger partial charge in [-0.1, -0.05) is 146 Å². The Hall–Kier alpha value is -7.84. The topological polar surface area (TPSA) is 270 Å². The molecule has 107 heavy (non-hydrogen) atoms. The highest BCUT2D eigenvalue weighted by atomic mass is 35.5. The molecule has 2 aromatic carbocycles. The highest BCUT2D eigenvalue weighted by Crippen LogP contribution is 2.39. The van der Waals surface area contributed by atoms with Crippen LogP contribution < -0.4 is 16.0 Å². The average molecular weight is 1520 g/mol. The highest BCUT2D eigenvalue weighted by Gasteiger charge is 2.52. The number of hydrogen-bond acceptors (Lipinski definition) is 12. The van der Waals surface area contributed by atoms with E-state index in [2.05, 4.69) is 16.0 Å². The molecule has 592 valence electrons. The van der Waals surface area contributed by atoms with Gasteiger partial charge in [0, 0.05) is 75.4 Å². The number of nitrogens with zero attached hydrogens (tertiary/aromatic N) is 9. The largest absolute Gasteiger partial charge is 0.417 e. The van der Waals surface area contributed by atoms with E-state index in [1.54, 1.807) is 42.2 Å². The SMILES string of the molecule is CC[C@H](C)[C@@H]1NC(=O)[C@H](CC(C)C)N(C)C(=O)C[C@@H](C(=O)N2CCCCC2)N(C)C(=O)[C@H](C2CCCCC2)N(C)C(=O)C2(CCCC2)NC(=O)[C@H](Cc2ccccc2)N(C)C(=O)[C@H](CCc2ccc(C(F)(F)F)c(Cl)c2)NC(=O)CN(C)C(=O)[C@H](CC2CCCCC2)N(C)C(=O)C2CCN2C(=O)CN(C)C1=O. The van der Waals surface area contributed by atoms with E-state index in [0.717, 1.165) is 74.8 Å². The monoisotopic (exact) mass is 1520 g/mol. The van der Waals surface area contributed by atoms with E-state index in [0.29, 0.717) is 63.6 Å². The number of fused-ring (bicyclic) bond motifs is 1. The third-order valence-electron chi connectivity index (χ3n) is 23.7. The fraction of sp³-hybridized carbons (Fsp3) is 0.696. The zero-order valence-electron chi connectivity index (χ0n) is 64.7. The van der Waals surface area contributed by atoms with Crippen LogP contribution in [0.25, 0.3) is 0 Å². The molecule has 2 aromatic rings. The summed E-state index contributed by atoms with van der Waals surface area (Å²) in [7, 11) is 10.1. The van der Waals surface area contributed by atoms with Crippen molar-refractivity contribution in [3.8, 4) is 0 Å². The maximum absolute atomic E-state index is 16.0. The molecule has 3 N–H and O–H groups in total. The van der Waals surface area contributed by atoms with Crippen molar-refractivity contribution < 1.29 is 70.7 Å². The van der Waals surface area contributed by atoms with Crippen LogP contribution in [0, 0.1) is 23.7 Å². The zero-order valence-corrected chi connectivity index (χ0v) is 65.5. The summed E-state index contributed by atoms with van der Waals surface area (Å²) in [4.78, 5) is 194. The normalized spacial score (nSPS) is 26.5. The van der Waals surface area contributed by atoms with Crippen LogP contribution in [-0.4, -0.2) is 251 Å². The summed E-state index contributed by atoms with van der Waals surface area (Å²) in [5.41, 5.74) is -1.84. The molecule has 6 aliphatic rings. The molecule has 28 heteroatoms. The molecule has 3 saturated heterocycles. The fourth-order valence-electron chi connectivity index (χ4n) is 16.7. The Morgan fingerprint density at radius 3 is 1.79 bits per heavy atom. The number of carbonyl (C=O) groups excluding carboxylic acids is 12. The van der Waals surface area contributed by atoms with Gasteiger partial charge in [0.2, 0.25) is 70.9 Å². The summed E-state index contributed by atoms with van der Waals surface area (Å²) in [5.74, 6) is -8.82. The van der Waals surface area contributed by atoms with E-state index in [1.165, 1.54) is 89.7 Å². The van der Waals surface area contributed by atoms with Crippen LogP contribution in [0.2, 0.25) is 5.02 Å². The van der Waals surface area contributed by atoms with Gasteiger partial charge in [0.05, 0.1) is 30.1 Å². The molecular formula is C79H116ClF3N12O12. The first-order chi connectivity index (χ1) is 50.7. The van der Waals surface area contributed by atoms with Crippen LogP contribution in [-0.2, 0) is 76.6 Å². The molecule has 24 nitrogen and oxygen atoms in total. The van der Waals surface area contributed by atoms with Crippen molar-refractivity contribution in [2.45, 2.75) is 248 Å². The predicted octanol–water partition coefficient (Wildman–Crippen LogP) is 7.64. The molecule has 3 saturated carbocycles. The number of likely N-dealkylation sites (tertiary alicyclic amines) is 1. The smallest absolute Gasteiger partial charge is 0.343 e. The number of likely N-dealkylation sites (N-methyl/N-ethyl adjacent to an activating group) is 7. The molecule has 0 radical (unpaired) electrons. The van der Waals surface area contributed by atoms with Crippen LogP contribution in [0.1, 0.15) is 192 Å². The highest BCUT2D eigenvalue weighted by molar-refractivity contribution is 6.31. The molecule has 6 fully saturated rings. The van der Waals surface area contributed by atoms with E-state index >= 15 is 38.4 Å². The maximum Gasteiger partial charge on any atom is 0.417 e. The maximum atomic E-state index is 16.0. The zero-order chi connectivity index (χ0) is 78.4. The molecule has 1 unspecified atom stereocenters. The van der Waals surface area contributed by atoms with Gasteiger partial charge in [0.25, 0.3) is 0 Å². The van der Waals surface area contributed by atoms with Crippen molar-refractivity contribution in [2.24, 2.45) is 23.7 Å². The van der Waals surface area contributed by atoms with Crippen LogP contribution in [0.4, 0.5) is 13.2 Å². The van der Waals surface area contributed by atoms with Crippen LogP contribution in [0.5, 0.6) is 0 Å². The van der Waals surface area contributed by atoms with Gasteiger partial charge in [-0.2, -0.15) is 13.2 Å². The van der Waals surface area contributed by atoms with E-state index in [4.69, 9.17) is 11.6 Å². The van der Waals surface area contributed by atoms with Gasteiger partial charge in [-0.15, -0.1) is 0 Å². The molecule has 9 atom stereocenters. The number of alkyl halides is 3. The van der Waals surface area contributed by atoms with Crippen LogP contribution >= 0.6 is 11.6 Å². The van der Waals surface area contributed by atoms with Gasteiger partial charge in [-0.25, -0.2) is 0 Å². The van der Waals surface area contributed by atoms with E-state index in [1.807, 2.05) is 20.8 Å². The average Bonchev–Trinajstić information content (AvgIpc) is 1.74. The summed E-state index contributed by atoms with van der Waals surface area (Å²) in [6, 6.07) is 1.86. The summed E-state index contributed by atoms with van der Waals surface area (Å²) in [6.45, 7) is 7.13. The molecule has 3 heterocycles. The number of halogens is 4. The number of hydrogen-bond donors (Lipinski definition) is 3. The van der Waals surface area contributed by atoms with Gasteiger partial charge < -0.3 is 60.0 Å². The molecule has 0 aromatic heterocycles. The van der Waals surface area contributed by atoms with Crippen molar-refractivity contribution in [3.63, 3.8) is 0 Å². The fourth-order valence-corrected chi connectivity index (χ4v) is 17.0. The Bertz CT molecular complexity index is 3490. The Kier molecular flexibility index (Phi) is 30.1. The number of aryl methyl sites for hydroxylation is 1. The number of piperidine rings is 1.